The molecule has 0 aromatic carbocycles. The Bertz CT molecular complexity index is 16.4. The summed E-state index contributed by atoms with van der Waals surface area (Å²) in [6.45, 7) is 4.42. The lowest BCUT2D eigenvalue weighted by Crippen LogP contribution is -1.59. The fourth-order valence-corrected chi connectivity index (χ4v) is 0.354. The second-order valence-corrected chi connectivity index (χ2v) is 1.35. The van der Waals surface area contributed by atoms with Crippen LogP contribution in [-0.2, 0) is 0 Å². The predicted molar refractivity (Wildman–Crippen MR) is 66.5 cm³/mol. The van der Waals surface area contributed by atoms with Crippen LogP contribution >= 0.6 is 67.9 Å². The number of hydrogen-bond acceptors (Lipinski definition) is 0. The largest absolute Gasteiger partial charge is 0.114 e. The first-order valence-electron chi connectivity index (χ1n) is 2.41. The molecule has 0 rings (SSSR count). The molecule has 0 spiro atoms. The second kappa shape index (κ2) is 32.6. The van der Waals surface area contributed by atoms with Crippen LogP contribution < -0.4 is 0 Å². The monoisotopic (exact) mass is 392 g/mol. The third-order valence-electron chi connectivity index (χ3n) is 0.707. The lowest BCUT2D eigenvalue weighted by Gasteiger charge is -1.79. The van der Waals surface area contributed by atoms with Gasteiger partial charge in [0.25, 0.3) is 0 Å². The molecule has 0 atom stereocenters. The average Bonchev–Trinajstić information content (AvgIpc) is 1.41. The minimum atomic E-state index is 0. The van der Waals surface area contributed by atoms with Crippen LogP contribution in [-0.4, -0.2) is 0 Å². The SMILES string of the molecule is Br.Br.Br.Br.CCCCC. The van der Waals surface area contributed by atoms with Gasteiger partial charge in [-0.1, -0.05) is 33.1 Å². The maximum atomic E-state index is 2.21. The molecule has 0 saturated heterocycles. The van der Waals surface area contributed by atoms with E-state index in [0.717, 1.165) is 0 Å². The molecule has 9 heavy (non-hydrogen) atoms. The Hall–Kier alpha value is 1.92. The van der Waals surface area contributed by atoms with Gasteiger partial charge in [-0.3, -0.25) is 0 Å². The third-order valence-corrected chi connectivity index (χ3v) is 0.707. The molecular weight excluding hydrogens is 380 g/mol. The Kier molecular flexibility index (Phi) is 111. The van der Waals surface area contributed by atoms with Crippen molar-refractivity contribution in [2.45, 2.75) is 33.1 Å². The summed E-state index contributed by atoms with van der Waals surface area (Å²) in [5.74, 6) is 0. The van der Waals surface area contributed by atoms with E-state index in [1.54, 1.807) is 0 Å². The van der Waals surface area contributed by atoms with E-state index in [9.17, 15) is 0 Å². The maximum absolute atomic E-state index is 2.21. The summed E-state index contributed by atoms with van der Waals surface area (Å²) in [5.41, 5.74) is 0. The summed E-state index contributed by atoms with van der Waals surface area (Å²) in [5, 5.41) is 0. The van der Waals surface area contributed by atoms with Gasteiger partial charge in [-0.2, -0.15) is 0 Å². The molecule has 0 unspecified atom stereocenters. The van der Waals surface area contributed by atoms with Gasteiger partial charge in [0.2, 0.25) is 0 Å². The quantitative estimate of drug-likeness (QED) is 0.645. The third kappa shape index (κ3) is 40.5. The van der Waals surface area contributed by atoms with Crippen LogP contribution in [0.3, 0.4) is 0 Å². The molecule has 0 aliphatic heterocycles. The van der Waals surface area contributed by atoms with E-state index in [2.05, 4.69) is 13.8 Å². The van der Waals surface area contributed by atoms with Crippen molar-refractivity contribution in [3.8, 4) is 0 Å². The molecule has 0 fully saturated rings. The van der Waals surface area contributed by atoms with Crippen molar-refractivity contribution in [3.63, 3.8) is 0 Å². The fourth-order valence-electron chi connectivity index (χ4n) is 0.354. The summed E-state index contributed by atoms with van der Waals surface area (Å²) in [6, 6.07) is 0. The van der Waals surface area contributed by atoms with Crippen molar-refractivity contribution >= 4 is 67.9 Å². The molecule has 0 amide bonds. The van der Waals surface area contributed by atoms with Crippen molar-refractivity contribution < 1.29 is 0 Å². The van der Waals surface area contributed by atoms with Gasteiger partial charge in [-0.15, -0.1) is 67.9 Å². The van der Waals surface area contributed by atoms with Crippen molar-refractivity contribution in [3.05, 3.63) is 0 Å². The standard InChI is InChI=1S/C5H12.4BrH/c1-3-5-4-2;;;;/h3-5H2,1-2H3;4*1H. The van der Waals surface area contributed by atoms with Crippen LogP contribution in [0.1, 0.15) is 33.1 Å². The van der Waals surface area contributed by atoms with Crippen LogP contribution in [0.5, 0.6) is 0 Å². The van der Waals surface area contributed by atoms with Crippen LogP contribution in [0.2, 0.25) is 0 Å². The number of rotatable bonds is 2. The predicted octanol–water partition coefficient (Wildman–Crippen LogP) is 4.51. The molecule has 0 radical (unpaired) electrons. The van der Waals surface area contributed by atoms with E-state index in [1.807, 2.05) is 0 Å². The van der Waals surface area contributed by atoms with Gasteiger partial charge in [0.15, 0.2) is 0 Å². The van der Waals surface area contributed by atoms with Gasteiger partial charge in [0.05, 0.1) is 0 Å². The molecule has 0 aliphatic carbocycles. The van der Waals surface area contributed by atoms with Gasteiger partial charge >= 0.3 is 0 Å². The zero-order valence-electron chi connectivity index (χ0n) is 5.75. The number of unbranched alkanes of at least 4 members (excludes halogenated alkanes) is 2. The first-order chi connectivity index (χ1) is 2.41. The van der Waals surface area contributed by atoms with Crippen molar-refractivity contribution in [1.82, 2.24) is 0 Å². The highest BCUT2D eigenvalue weighted by atomic mass is 79.9. The molecule has 0 nitrogen and oxygen atoms in total. The van der Waals surface area contributed by atoms with E-state index in [0.29, 0.717) is 0 Å². The minimum absolute atomic E-state index is 0. The molecule has 4 heteroatoms. The average molecular weight is 396 g/mol. The van der Waals surface area contributed by atoms with Crippen molar-refractivity contribution in [2.24, 2.45) is 0 Å². The summed E-state index contributed by atoms with van der Waals surface area (Å²) in [6.07, 6.45) is 4.08. The van der Waals surface area contributed by atoms with Gasteiger partial charge in [0, 0.05) is 0 Å². The van der Waals surface area contributed by atoms with E-state index in [1.165, 1.54) is 19.3 Å². The van der Waals surface area contributed by atoms with E-state index < -0.39 is 0 Å². The Balaban J connectivity index is -0.0000000133. The maximum Gasteiger partial charge on any atom is -0.0538 e. The summed E-state index contributed by atoms with van der Waals surface area (Å²) < 4.78 is 0. The Morgan fingerprint density at radius 2 is 0.889 bits per heavy atom. The van der Waals surface area contributed by atoms with E-state index in [-0.39, 0.29) is 67.9 Å². The molecule has 0 saturated carbocycles. The Morgan fingerprint density at radius 3 is 0.889 bits per heavy atom. The summed E-state index contributed by atoms with van der Waals surface area (Å²) >= 11 is 0. The number of halogens is 4. The minimum Gasteiger partial charge on any atom is -0.114 e. The van der Waals surface area contributed by atoms with Crippen molar-refractivity contribution in [2.75, 3.05) is 0 Å². The number of hydrogen-bond donors (Lipinski definition) is 0. The summed E-state index contributed by atoms with van der Waals surface area (Å²) in [7, 11) is 0. The van der Waals surface area contributed by atoms with Crippen LogP contribution in [0.25, 0.3) is 0 Å². The van der Waals surface area contributed by atoms with Gasteiger partial charge < -0.3 is 0 Å². The lowest BCUT2D eigenvalue weighted by molar-refractivity contribution is 0.772. The lowest BCUT2D eigenvalue weighted by atomic mass is 10.3. The first-order valence-corrected chi connectivity index (χ1v) is 2.41. The highest BCUT2D eigenvalue weighted by molar-refractivity contribution is 8.93. The molecule has 0 aromatic heterocycles. The molecule has 0 heterocycles. The molecular formula is C5H16Br4. The molecule has 0 aromatic rings. The zero-order chi connectivity index (χ0) is 4.12. The van der Waals surface area contributed by atoms with E-state index in [4.69, 9.17) is 0 Å². The van der Waals surface area contributed by atoms with Crippen LogP contribution in [0.4, 0.5) is 0 Å². The van der Waals surface area contributed by atoms with Gasteiger partial charge in [-0.05, 0) is 0 Å². The summed E-state index contributed by atoms with van der Waals surface area (Å²) in [4.78, 5) is 0. The Labute approximate surface area is 100 Å². The molecule has 0 N–H and O–H groups in total. The fraction of sp³-hybridized carbons (Fsp3) is 1.00. The highest BCUT2D eigenvalue weighted by Gasteiger charge is 1.68. The van der Waals surface area contributed by atoms with Gasteiger partial charge in [0.1, 0.15) is 0 Å². The van der Waals surface area contributed by atoms with E-state index >= 15 is 0 Å². The van der Waals surface area contributed by atoms with Crippen LogP contribution in [0, 0.1) is 0 Å². The smallest absolute Gasteiger partial charge is 0.0538 e. The van der Waals surface area contributed by atoms with Crippen LogP contribution in [0.15, 0.2) is 0 Å². The van der Waals surface area contributed by atoms with Crippen molar-refractivity contribution in [1.29, 1.82) is 0 Å². The normalized spacial score (nSPS) is 4.67. The topological polar surface area (TPSA) is 0 Å². The zero-order valence-corrected chi connectivity index (χ0v) is 12.6. The second-order valence-electron chi connectivity index (χ2n) is 1.35. The molecule has 0 bridgehead atoms. The first kappa shape index (κ1) is 30.7. The molecule has 64 valence electrons. The highest BCUT2D eigenvalue weighted by Crippen LogP contribution is 1.88. The Morgan fingerprint density at radius 1 is 0.667 bits per heavy atom. The van der Waals surface area contributed by atoms with Gasteiger partial charge in [-0.25, -0.2) is 0 Å². The molecule has 0 aliphatic rings.